The van der Waals surface area contributed by atoms with E-state index in [9.17, 15) is 9.59 Å². The van der Waals surface area contributed by atoms with Crippen LogP contribution >= 0.6 is 0 Å². The molecule has 1 aliphatic rings. The number of carbonyl (C=O) groups is 2. The first-order chi connectivity index (χ1) is 12.5. The van der Waals surface area contributed by atoms with E-state index in [2.05, 4.69) is 15.6 Å². The lowest BCUT2D eigenvalue weighted by Gasteiger charge is -2.18. The fourth-order valence-electron chi connectivity index (χ4n) is 2.77. The Balaban J connectivity index is 2.00. The highest BCUT2D eigenvalue weighted by atomic mass is 16.5. The van der Waals surface area contributed by atoms with Gasteiger partial charge >= 0.3 is 5.97 Å². The Morgan fingerprint density at radius 3 is 2.42 bits per heavy atom. The molecule has 1 aliphatic carbocycles. The Bertz CT molecular complexity index is 635. The number of likely N-dealkylation sites (N-methyl/N-ethyl adjacent to an activating group) is 1. The van der Waals surface area contributed by atoms with Crippen molar-refractivity contribution in [3.8, 4) is 0 Å². The summed E-state index contributed by atoms with van der Waals surface area (Å²) in [6, 6.07) is 7.56. The van der Waals surface area contributed by atoms with Gasteiger partial charge in [0.1, 0.15) is 0 Å². The fraction of sp³-hybridized carbons (Fsp3) is 0.526. The fourth-order valence-corrected chi connectivity index (χ4v) is 2.77. The van der Waals surface area contributed by atoms with Crippen LogP contribution in [0.25, 0.3) is 0 Å². The van der Waals surface area contributed by atoms with Gasteiger partial charge in [-0.3, -0.25) is 4.79 Å². The first-order valence-corrected chi connectivity index (χ1v) is 8.92. The van der Waals surface area contributed by atoms with Gasteiger partial charge in [-0.1, -0.05) is 25.0 Å². The van der Waals surface area contributed by atoms with Crippen LogP contribution in [0.5, 0.6) is 0 Å². The summed E-state index contributed by atoms with van der Waals surface area (Å²) >= 11 is 0. The SMILES string of the molecule is COC(=O)c1ccc(CN=C(NCC(=O)N(C)C)NC2CCCC2)cc1. The average Bonchev–Trinajstić information content (AvgIpc) is 3.16. The van der Waals surface area contributed by atoms with Crippen molar-refractivity contribution in [1.29, 1.82) is 0 Å². The number of benzene rings is 1. The molecule has 1 aromatic rings. The Morgan fingerprint density at radius 1 is 1.19 bits per heavy atom. The van der Waals surface area contributed by atoms with Gasteiger partial charge in [0.05, 0.1) is 25.8 Å². The maximum Gasteiger partial charge on any atom is 0.337 e. The minimum atomic E-state index is -0.354. The molecule has 1 fully saturated rings. The van der Waals surface area contributed by atoms with E-state index in [1.54, 1.807) is 31.1 Å². The van der Waals surface area contributed by atoms with Gasteiger partial charge in [0.25, 0.3) is 0 Å². The highest BCUT2D eigenvalue weighted by molar-refractivity contribution is 5.89. The maximum absolute atomic E-state index is 11.8. The van der Waals surface area contributed by atoms with E-state index in [1.807, 2.05) is 12.1 Å². The molecule has 7 nitrogen and oxygen atoms in total. The second kappa shape index (κ2) is 9.79. The molecule has 0 aromatic heterocycles. The van der Waals surface area contributed by atoms with E-state index in [1.165, 1.54) is 20.0 Å². The summed E-state index contributed by atoms with van der Waals surface area (Å²) in [5.74, 6) is 0.282. The molecule has 1 amide bonds. The third-order valence-corrected chi connectivity index (χ3v) is 4.40. The molecule has 0 saturated heterocycles. The van der Waals surface area contributed by atoms with Crippen molar-refractivity contribution in [2.75, 3.05) is 27.7 Å². The summed E-state index contributed by atoms with van der Waals surface area (Å²) in [5, 5.41) is 6.52. The van der Waals surface area contributed by atoms with Crippen molar-refractivity contribution in [1.82, 2.24) is 15.5 Å². The smallest absolute Gasteiger partial charge is 0.337 e. The number of carbonyl (C=O) groups excluding carboxylic acids is 2. The zero-order chi connectivity index (χ0) is 18.9. The summed E-state index contributed by atoms with van der Waals surface area (Å²) < 4.78 is 4.70. The number of amides is 1. The third kappa shape index (κ3) is 6.06. The normalized spacial score (nSPS) is 14.8. The number of hydrogen-bond donors (Lipinski definition) is 2. The number of aliphatic imine (C=N–C) groups is 1. The van der Waals surface area contributed by atoms with Gasteiger partial charge in [0.2, 0.25) is 5.91 Å². The van der Waals surface area contributed by atoms with Crippen molar-refractivity contribution in [3.63, 3.8) is 0 Å². The van der Waals surface area contributed by atoms with Gasteiger partial charge in [-0.2, -0.15) is 0 Å². The van der Waals surface area contributed by atoms with Crippen LogP contribution in [-0.4, -0.2) is 56.5 Å². The zero-order valence-electron chi connectivity index (χ0n) is 15.7. The van der Waals surface area contributed by atoms with Crippen molar-refractivity contribution >= 4 is 17.8 Å². The van der Waals surface area contributed by atoms with E-state index in [0.29, 0.717) is 24.1 Å². The van der Waals surface area contributed by atoms with Crippen LogP contribution in [-0.2, 0) is 16.1 Å². The molecular formula is C19H28N4O3. The first-order valence-electron chi connectivity index (χ1n) is 8.92. The average molecular weight is 360 g/mol. The maximum atomic E-state index is 11.8. The Hall–Kier alpha value is -2.57. The van der Waals surface area contributed by atoms with E-state index in [0.717, 1.165) is 18.4 Å². The van der Waals surface area contributed by atoms with Crippen LogP contribution in [0.1, 0.15) is 41.6 Å². The van der Waals surface area contributed by atoms with E-state index >= 15 is 0 Å². The van der Waals surface area contributed by atoms with Gasteiger partial charge < -0.3 is 20.3 Å². The molecule has 26 heavy (non-hydrogen) atoms. The molecule has 0 atom stereocenters. The third-order valence-electron chi connectivity index (χ3n) is 4.40. The number of methoxy groups -OCH3 is 1. The minimum Gasteiger partial charge on any atom is -0.465 e. The standard InChI is InChI=1S/C19H28N4O3/c1-23(2)17(24)13-21-19(22-16-6-4-5-7-16)20-12-14-8-10-15(11-9-14)18(25)26-3/h8-11,16H,4-7,12-13H2,1-3H3,(H2,20,21,22). The molecule has 0 radical (unpaired) electrons. The Morgan fingerprint density at radius 2 is 1.85 bits per heavy atom. The molecule has 1 saturated carbocycles. The zero-order valence-corrected chi connectivity index (χ0v) is 15.7. The van der Waals surface area contributed by atoms with E-state index in [-0.39, 0.29) is 18.4 Å². The molecule has 1 aromatic carbocycles. The number of nitrogens with one attached hydrogen (secondary N) is 2. The number of esters is 1. The molecule has 0 heterocycles. The monoisotopic (exact) mass is 360 g/mol. The summed E-state index contributed by atoms with van der Waals surface area (Å²) in [7, 11) is 4.82. The number of hydrogen-bond acceptors (Lipinski definition) is 4. The number of guanidine groups is 1. The minimum absolute atomic E-state index is 0.00615. The van der Waals surface area contributed by atoms with Crippen LogP contribution in [0.15, 0.2) is 29.3 Å². The molecule has 2 rings (SSSR count). The topological polar surface area (TPSA) is 83.0 Å². The van der Waals surface area contributed by atoms with E-state index in [4.69, 9.17) is 4.74 Å². The second-order valence-corrected chi connectivity index (χ2v) is 6.62. The lowest BCUT2D eigenvalue weighted by atomic mass is 10.1. The van der Waals surface area contributed by atoms with Gasteiger partial charge in [0.15, 0.2) is 5.96 Å². The van der Waals surface area contributed by atoms with Crippen LogP contribution in [0.4, 0.5) is 0 Å². The van der Waals surface area contributed by atoms with Crippen molar-refractivity contribution in [2.24, 2.45) is 4.99 Å². The Kier molecular flexibility index (Phi) is 7.44. The summed E-state index contributed by atoms with van der Waals surface area (Å²) in [6.45, 7) is 0.659. The molecule has 0 spiro atoms. The molecule has 7 heteroatoms. The first kappa shape index (κ1) is 19.8. The molecule has 0 bridgehead atoms. The van der Waals surface area contributed by atoms with Crippen LogP contribution < -0.4 is 10.6 Å². The predicted octanol–water partition coefficient (Wildman–Crippen LogP) is 1.54. The number of nitrogens with zero attached hydrogens (tertiary/aromatic N) is 2. The van der Waals surface area contributed by atoms with Gasteiger partial charge in [-0.05, 0) is 30.5 Å². The van der Waals surface area contributed by atoms with Crippen molar-refractivity contribution in [2.45, 2.75) is 38.3 Å². The lowest BCUT2D eigenvalue weighted by molar-refractivity contribution is -0.127. The molecule has 0 unspecified atom stereocenters. The summed E-state index contributed by atoms with van der Waals surface area (Å²) in [4.78, 5) is 29.4. The summed E-state index contributed by atoms with van der Waals surface area (Å²) in [6.07, 6.45) is 4.68. The lowest BCUT2D eigenvalue weighted by Crippen LogP contribution is -2.46. The second-order valence-electron chi connectivity index (χ2n) is 6.62. The molecular weight excluding hydrogens is 332 g/mol. The van der Waals surface area contributed by atoms with Gasteiger partial charge in [0, 0.05) is 20.1 Å². The quantitative estimate of drug-likeness (QED) is 0.457. The largest absolute Gasteiger partial charge is 0.465 e. The van der Waals surface area contributed by atoms with Gasteiger partial charge in [-0.15, -0.1) is 0 Å². The van der Waals surface area contributed by atoms with Gasteiger partial charge in [-0.25, -0.2) is 9.79 Å². The summed E-state index contributed by atoms with van der Waals surface area (Å²) in [5.41, 5.74) is 1.49. The molecule has 2 N–H and O–H groups in total. The van der Waals surface area contributed by atoms with E-state index < -0.39 is 0 Å². The predicted molar refractivity (Wildman–Crippen MR) is 101 cm³/mol. The number of rotatable bonds is 6. The number of ether oxygens (including phenoxy) is 1. The van der Waals surface area contributed by atoms with Crippen LogP contribution in [0, 0.1) is 0 Å². The highest BCUT2D eigenvalue weighted by Gasteiger charge is 2.16. The molecule has 142 valence electrons. The van der Waals surface area contributed by atoms with Crippen molar-refractivity contribution in [3.05, 3.63) is 35.4 Å². The van der Waals surface area contributed by atoms with Crippen molar-refractivity contribution < 1.29 is 14.3 Å². The van der Waals surface area contributed by atoms with Crippen LogP contribution in [0.2, 0.25) is 0 Å². The Labute approximate surface area is 154 Å². The molecule has 0 aliphatic heterocycles. The van der Waals surface area contributed by atoms with Crippen LogP contribution in [0.3, 0.4) is 0 Å². The highest BCUT2D eigenvalue weighted by Crippen LogP contribution is 2.17.